The topological polar surface area (TPSA) is 57.8 Å². The van der Waals surface area contributed by atoms with Crippen molar-refractivity contribution in [2.24, 2.45) is 16.8 Å². The van der Waals surface area contributed by atoms with Crippen molar-refractivity contribution < 1.29 is 0 Å². The standard InChI is InChI=1S/C20H32N6/c1-4-21-20(25-13-10-17(15-25)14-16(2)3)22-11-7-9-19-24-23-18-8-5-6-12-26(18)19/h5-6,8,12,16-17H,4,7,9-11,13-15H2,1-3H3,(H,21,22). The second kappa shape index (κ2) is 9.01. The van der Waals surface area contributed by atoms with Crippen LogP contribution in [0.25, 0.3) is 5.65 Å². The highest BCUT2D eigenvalue weighted by Crippen LogP contribution is 2.23. The third kappa shape index (κ3) is 4.74. The smallest absolute Gasteiger partial charge is 0.193 e. The molecule has 2 aromatic rings. The van der Waals surface area contributed by atoms with Crippen LogP contribution in [0.2, 0.25) is 0 Å². The Morgan fingerprint density at radius 2 is 2.23 bits per heavy atom. The molecule has 6 nitrogen and oxygen atoms in total. The molecule has 0 amide bonds. The minimum Gasteiger partial charge on any atom is -0.357 e. The molecule has 3 heterocycles. The van der Waals surface area contributed by atoms with E-state index in [2.05, 4.69) is 45.6 Å². The van der Waals surface area contributed by atoms with Gasteiger partial charge in [0, 0.05) is 38.8 Å². The maximum Gasteiger partial charge on any atom is 0.193 e. The molecule has 6 heteroatoms. The van der Waals surface area contributed by atoms with E-state index in [-0.39, 0.29) is 0 Å². The molecule has 1 N–H and O–H groups in total. The van der Waals surface area contributed by atoms with Crippen LogP contribution in [-0.4, -0.2) is 51.6 Å². The number of likely N-dealkylation sites (tertiary alicyclic amines) is 1. The molecule has 142 valence electrons. The number of hydrogen-bond acceptors (Lipinski definition) is 3. The van der Waals surface area contributed by atoms with E-state index in [1.807, 2.05) is 24.4 Å². The van der Waals surface area contributed by atoms with E-state index in [4.69, 9.17) is 4.99 Å². The molecule has 1 atom stereocenters. The lowest BCUT2D eigenvalue weighted by atomic mass is 9.97. The van der Waals surface area contributed by atoms with E-state index in [1.165, 1.54) is 12.8 Å². The number of guanidine groups is 1. The van der Waals surface area contributed by atoms with Gasteiger partial charge in [-0.05, 0) is 50.2 Å². The number of aliphatic imine (C=N–C) groups is 1. The molecular formula is C20H32N6. The highest BCUT2D eigenvalue weighted by Gasteiger charge is 2.25. The van der Waals surface area contributed by atoms with Crippen molar-refractivity contribution in [1.82, 2.24) is 24.8 Å². The number of nitrogens with zero attached hydrogens (tertiary/aromatic N) is 5. The Labute approximate surface area is 156 Å². The molecule has 1 unspecified atom stereocenters. The average molecular weight is 357 g/mol. The number of nitrogens with one attached hydrogen (secondary N) is 1. The molecule has 1 saturated heterocycles. The Bertz CT molecular complexity index is 720. The second-order valence-electron chi connectivity index (χ2n) is 7.61. The molecule has 0 spiro atoms. The highest BCUT2D eigenvalue weighted by molar-refractivity contribution is 5.80. The van der Waals surface area contributed by atoms with Gasteiger partial charge in [-0.1, -0.05) is 19.9 Å². The van der Waals surface area contributed by atoms with Crippen molar-refractivity contribution in [2.45, 2.75) is 46.5 Å². The first-order valence-electron chi connectivity index (χ1n) is 9.99. The van der Waals surface area contributed by atoms with Gasteiger partial charge >= 0.3 is 0 Å². The van der Waals surface area contributed by atoms with Gasteiger partial charge in [-0.3, -0.25) is 9.39 Å². The average Bonchev–Trinajstić information content (AvgIpc) is 3.24. The van der Waals surface area contributed by atoms with Crippen LogP contribution in [0, 0.1) is 11.8 Å². The van der Waals surface area contributed by atoms with E-state index in [1.54, 1.807) is 0 Å². The maximum absolute atomic E-state index is 4.86. The molecular weight excluding hydrogens is 324 g/mol. The quantitative estimate of drug-likeness (QED) is 0.471. The van der Waals surface area contributed by atoms with Crippen LogP contribution in [-0.2, 0) is 6.42 Å². The lowest BCUT2D eigenvalue weighted by molar-refractivity contribution is 0.403. The summed E-state index contributed by atoms with van der Waals surface area (Å²) in [6.45, 7) is 10.8. The van der Waals surface area contributed by atoms with Gasteiger partial charge in [0.15, 0.2) is 11.6 Å². The number of pyridine rings is 1. The normalized spacial score (nSPS) is 18.2. The van der Waals surface area contributed by atoms with Crippen LogP contribution in [0.4, 0.5) is 0 Å². The van der Waals surface area contributed by atoms with E-state index < -0.39 is 0 Å². The summed E-state index contributed by atoms with van der Waals surface area (Å²) in [7, 11) is 0. The number of rotatable bonds is 7. The fraction of sp³-hybridized carbons (Fsp3) is 0.650. The van der Waals surface area contributed by atoms with Gasteiger partial charge in [0.25, 0.3) is 0 Å². The fourth-order valence-corrected chi connectivity index (χ4v) is 3.79. The summed E-state index contributed by atoms with van der Waals surface area (Å²) in [4.78, 5) is 7.30. The lowest BCUT2D eigenvalue weighted by Crippen LogP contribution is -2.40. The van der Waals surface area contributed by atoms with Crippen LogP contribution < -0.4 is 5.32 Å². The summed E-state index contributed by atoms with van der Waals surface area (Å²) in [5.41, 5.74) is 0.910. The summed E-state index contributed by atoms with van der Waals surface area (Å²) in [5.74, 6) is 3.67. The molecule has 0 aliphatic carbocycles. The van der Waals surface area contributed by atoms with Crippen molar-refractivity contribution in [3.63, 3.8) is 0 Å². The molecule has 26 heavy (non-hydrogen) atoms. The summed E-state index contributed by atoms with van der Waals surface area (Å²) < 4.78 is 2.06. The molecule has 0 aromatic carbocycles. The van der Waals surface area contributed by atoms with Gasteiger partial charge < -0.3 is 10.2 Å². The summed E-state index contributed by atoms with van der Waals surface area (Å²) in [5, 5.41) is 12.0. The number of aryl methyl sites for hydroxylation is 1. The van der Waals surface area contributed by atoms with E-state index in [0.717, 1.165) is 68.3 Å². The molecule has 1 aliphatic heterocycles. The van der Waals surface area contributed by atoms with Crippen LogP contribution >= 0.6 is 0 Å². The van der Waals surface area contributed by atoms with Gasteiger partial charge in [-0.25, -0.2) is 0 Å². The van der Waals surface area contributed by atoms with Crippen molar-refractivity contribution in [3.05, 3.63) is 30.2 Å². The van der Waals surface area contributed by atoms with Gasteiger partial charge in [0.1, 0.15) is 5.82 Å². The molecule has 0 radical (unpaired) electrons. The summed E-state index contributed by atoms with van der Waals surface area (Å²) in [6.07, 6.45) is 6.50. The molecule has 2 aromatic heterocycles. The molecule has 1 aliphatic rings. The first-order valence-corrected chi connectivity index (χ1v) is 9.99. The van der Waals surface area contributed by atoms with Gasteiger partial charge in [0.05, 0.1) is 0 Å². The van der Waals surface area contributed by atoms with Crippen LogP contribution in [0.15, 0.2) is 29.4 Å². The monoisotopic (exact) mass is 356 g/mol. The van der Waals surface area contributed by atoms with Gasteiger partial charge in [-0.2, -0.15) is 0 Å². The zero-order chi connectivity index (χ0) is 18.4. The van der Waals surface area contributed by atoms with Gasteiger partial charge in [-0.15, -0.1) is 10.2 Å². The summed E-state index contributed by atoms with van der Waals surface area (Å²) >= 11 is 0. The van der Waals surface area contributed by atoms with E-state index in [0.29, 0.717) is 0 Å². The zero-order valence-corrected chi connectivity index (χ0v) is 16.4. The largest absolute Gasteiger partial charge is 0.357 e. The van der Waals surface area contributed by atoms with E-state index >= 15 is 0 Å². The molecule has 1 fully saturated rings. The SMILES string of the molecule is CCNC(=NCCCc1nnc2ccccn12)N1CCC(CC(C)C)C1. The van der Waals surface area contributed by atoms with Crippen molar-refractivity contribution >= 4 is 11.6 Å². The van der Waals surface area contributed by atoms with Crippen LogP contribution in [0.5, 0.6) is 0 Å². The predicted octanol–water partition coefficient (Wildman–Crippen LogP) is 3.00. The van der Waals surface area contributed by atoms with Crippen molar-refractivity contribution in [2.75, 3.05) is 26.2 Å². The van der Waals surface area contributed by atoms with Gasteiger partial charge in [0.2, 0.25) is 0 Å². The maximum atomic E-state index is 4.86. The third-order valence-corrected chi connectivity index (χ3v) is 4.93. The highest BCUT2D eigenvalue weighted by atomic mass is 15.3. The minimum atomic E-state index is 0.775. The van der Waals surface area contributed by atoms with Crippen LogP contribution in [0.1, 0.15) is 45.9 Å². The van der Waals surface area contributed by atoms with Crippen LogP contribution in [0.3, 0.4) is 0 Å². The molecule has 0 saturated carbocycles. The first-order chi connectivity index (χ1) is 12.7. The zero-order valence-electron chi connectivity index (χ0n) is 16.4. The number of aromatic nitrogens is 3. The summed E-state index contributed by atoms with van der Waals surface area (Å²) in [6, 6.07) is 5.99. The lowest BCUT2D eigenvalue weighted by Gasteiger charge is -2.22. The molecule has 0 bridgehead atoms. The first kappa shape index (κ1) is 18.7. The Morgan fingerprint density at radius 3 is 3.04 bits per heavy atom. The van der Waals surface area contributed by atoms with E-state index in [9.17, 15) is 0 Å². The predicted molar refractivity (Wildman–Crippen MR) is 106 cm³/mol. The second-order valence-corrected chi connectivity index (χ2v) is 7.61. The Morgan fingerprint density at radius 1 is 1.35 bits per heavy atom. The molecule has 3 rings (SSSR count). The third-order valence-electron chi connectivity index (χ3n) is 4.93. The van der Waals surface area contributed by atoms with Crippen molar-refractivity contribution in [3.8, 4) is 0 Å². The fourth-order valence-electron chi connectivity index (χ4n) is 3.79. The Hall–Kier alpha value is -2.11. The number of hydrogen-bond donors (Lipinski definition) is 1. The minimum absolute atomic E-state index is 0.775. The van der Waals surface area contributed by atoms with Crippen molar-refractivity contribution in [1.29, 1.82) is 0 Å². The Kier molecular flexibility index (Phi) is 6.47. The Balaban J connectivity index is 1.53. The number of fused-ring (bicyclic) bond motifs is 1.